The van der Waals surface area contributed by atoms with Gasteiger partial charge in [0.2, 0.25) is 0 Å². The van der Waals surface area contributed by atoms with Crippen molar-refractivity contribution in [1.82, 2.24) is 0 Å². The molecule has 62 valence electrons. The van der Waals surface area contributed by atoms with E-state index in [1.54, 1.807) is 0 Å². The van der Waals surface area contributed by atoms with Crippen molar-refractivity contribution in [2.45, 2.75) is 44.6 Å². The van der Waals surface area contributed by atoms with Gasteiger partial charge in [-0.25, -0.2) is 0 Å². The number of ketones is 1. The Kier molecular flexibility index (Phi) is 1.53. The Labute approximate surface area is 66.6 Å². The van der Waals surface area contributed by atoms with Crippen LogP contribution >= 0.6 is 0 Å². The lowest BCUT2D eigenvalue weighted by molar-refractivity contribution is -0.136. The molecule has 2 saturated carbocycles. The summed E-state index contributed by atoms with van der Waals surface area (Å²) >= 11 is 0. The van der Waals surface area contributed by atoms with Crippen LogP contribution in [0.3, 0.4) is 0 Å². The van der Waals surface area contributed by atoms with Crippen molar-refractivity contribution < 1.29 is 9.90 Å². The highest BCUT2D eigenvalue weighted by Gasteiger charge is 2.43. The lowest BCUT2D eigenvalue weighted by Gasteiger charge is -2.45. The zero-order chi connectivity index (χ0) is 7.90. The van der Waals surface area contributed by atoms with Crippen molar-refractivity contribution in [1.29, 1.82) is 0 Å². The molecule has 0 radical (unpaired) electrons. The number of carbonyl (C=O) groups is 1. The van der Waals surface area contributed by atoms with Gasteiger partial charge in [-0.15, -0.1) is 0 Å². The van der Waals surface area contributed by atoms with Crippen LogP contribution in [0.4, 0.5) is 0 Å². The lowest BCUT2D eigenvalue weighted by atomic mass is 9.60. The first-order valence-corrected chi connectivity index (χ1v) is 4.43. The standard InChI is InChI=1S/C9H14O2/c10-7-2-5-9(3-1-4-9)6-8(7)11/h7,10H,1-6H2. The molecule has 1 N–H and O–H groups in total. The molecule has 0 bridgehead atoms. The first-order valence-electron chi connectivity index (χ1n) is 4.43. The molecule has 2 aliphatic carbocycles. The Morgan fingerprint density at radius 2 is 2.09 bits per heavy atom. The minimum Gasteiger partial charge on any atom is -0.385 e. The Balaban J connectivity index is 2.03. The normalized spacial score (nSPS) is 35.4. The van der Waals surface area contributed by atoms with Gasteiger partial charge in [0.25, 0.3) is 0 Å². The molecule has 2 aliphatic rings. The lowest BCUT2D eigenvalue weighted by Crippen LogP contribution is -2.41. The number of hydrogen-bond donors (Lipinski definition) is 1. The predicted octanol–water partition coefficient (Wildman–Crippen LogP) is 1.27. The third-order valence-corrected chi connectivity index (χ3v) is 3.28. The fourth-order valence-corrected chi connectivity index (χ4v) is 2.28. The summed E-state index contributed by atoms with van der Waals surface area (Å²) in [6.45, 7) is 0. The van der Waals surface area contributed by atoms with Crippen LogP contribution in [-0.2, 0) is 4.79 Å². The Morgan fingerprint density at radius 1 is 1.36 bits per heavy atom. The van der Waals surface area contributed by atoms with Gasteiger partial charge in [-0.05, 0) is 31.1 Å². The molecule has 2 nitrogen and oxygen atoms in total. The third kappa shape index (κ3) is 1.09. The fraction of sp³-hybridized carbons (Fsp3) is 0.889. The molecule has 2 heteroatoms. The zero-order valence-electron chi connectivity index (χ0n) is 6.68. The van der Waals surface area contributed by atoms with Crippen molar-refractivity contribution in [2.24, 2.45) is 5.41 Å². The summed E-state index contributed by atoms with van der Waals surface area (Å²) in [6.07, 6.45) is 5.49. The van der Waals surface area contributed by atoms with Gasteiger partial charge in [-0.3, -0.25) is 4.79 Å². The topological polar surface area (TPSA) is 37.3 Å². The predicted molar refractivity (Wildman–Crippen MR) is 41.1 cm³/mol. The average molecular weight is 154 g/mol. The van der Waals surface area contributed by atoms with Crippen LogP contribution in [0.15, 0.2) is 0 Å². The monoisotopic (exact) mass is 154 g/mol. The molecule has 2 rings (SSSR count). The molecule has 0 aromatic rings. The van der Waals surface area contributed by atoms with E-state index in [-0.39, 0.29) is 5.78 Å². The van der Waals surface area contributed by atoms with E-state index in [1.807, 2.05) is 0 Å². The van der Waals surface area contributed by atoms with Crippen LogP contribution in [0.25, 0.3) is 0 Å². The molecule has 0 aliphatic heterocycles. The number of aliphatic hydroxyl groups is 1. The maximum atomic E-state index is 11.2. The first-order chi connectivity index (χ1) is 5.22. The van der Waals surface area contributed by atoms with Gasteiger partial charge in [-0.2, -0.15) is 0 Å². The molecule has 0 saturated heterocycles. The van der Waals surface area contributed by atoms with E-state index in [2.05, 4.69) is 0 Å². The summed E-state index contributed by atoms with van der Waals surface area (Å²) in [5, 5.41) is 9.18. The van der Waals surface area contributed by atoms with Crippen LogP contribution in [-0.4, -0.2) is 17.0 Å². The van der Waals surface area contributed by atoms with E-state index in [1.165, 1.54) is 19.3 Å². The summed E-state index contributed by atoms with van der Waals surface area (Å²) < 4.78 is 0. The van der Waals surface area contributed by atoms with Crippen molar-refractivity contribution in [2.75, 3.05) is 0 Å². The van der Waals surface area contributed by atoms with Crippen LogP contribution in [0.2, 0.25) is 0 Å². The summed E-state index contributed by atoms with van der Waals surface area (Å²) in [7, 11) is 0. The first kappa shape index (κ1) is 7.29. The maximum Gasteiger partial charge on any atom is 0.161 e. The third-order valence-electron chi connectivity index (χ3n) is 3.28. The number of carbonyl (C=O) groups excluding carboxylic acids is 1. The van der Waals surface area contributed by atoms with Crippen molar-refractivity contribution >= 4 is 5.78 Å². The highest BCUT2D eigenvalue weighted by atomic mass is 16.3. The van der Waals surface area contributed by atoms with Crippen molar-refractivity contribution in [3.05, 3.63) is 0 Å². The fourth-order valence-electron chi connectivity index (χ4n) is 2.28. The Morgan fingerprint density at radius 3 is 2.55 bits per heavy atom. The highest BCUT2D eigenvalue weighted by molar-refractivity contribution is 5.84. The summed E-state index contributed by atoms with van der Waals surface area (Å²) in [4.78, 5) is 11.2. The highest BCUT2D eigenvalue weighted by Crippen LogP contribution is 2.50. The van der Waals surface area contributed by atoms with Crippen molar-refractivity contribution in [3.8, 4) is 0 Å². The van der Waals surface area contributed by atoms with E-state index in [4.69, 9.17) is 0 Å². The maximum absolute atomic E-state index is 11.2. The SMILES string of the molecule is O=C1CC2(CCC2)CCC1O. The second-order valence-electron chi connectivity index (χ2n) is 4.05. The van der Waals surface area contributed by atoms with Crippen LogP contribution in [0.1, 0.15) is 38.5 Å². The molecule has 0 heterocycles. The summed E-state index contributed by atoms with van der Waals surface area (Å²) in [5.41, 5.74) is 0.344. The van der Waals surface area contributed by atoms with E-state index in [9.17, 15) is 9.90 Å². The molecule has 0 amide bonds. The van der Waals surface area contributed by atoms with Gasteiger partial charge in [0.15, 0.2) is 5.78 Å². The molecular formula is C9H14O2. The minimum absolute atomic E-state index is 0.0796. The molecule has 1 unspecified atom stereocenters. The minimum atomic E-state index is -0.638. The number of Topliss-reactive ketones (excluding diaryl/α,β-unsaturated/α-hetero) is 1. The summed E-state index contributed by atoms with van der Waals surface area (Å²) in [6, 6.07) is 0. The zero-order valence-corrected chi connectivity index (χ0v) is 6.68. The van der Waals surface area contributed by atoms with E-state index in [0.29, 0.717) is 18.3 Å². The second-order valence-corrected chi connectivity index (χ2v) is 4.05. The molecule has 0 aromatic carbocycles. The molecule has 2 fully saturated rings. The molecule has 0 aromatic heterocycles. The van der Waals surface area contributed by atoms with Gasteiger partial charge in [0.1, 0.15) is 6.10 Å². The second kappa shape index (κ2) is 2.31. The largest absolute Gasteiger partial charge is 0.385 e. The van der Waals surface area contributed by atoms with E-state index in [0.717, 1.165) is 6.42 Å². The van der Waals surface area contributed by atoms with Gasteiger partial charge in [0.05, 0.1) is 0 Å². The number of rotatable bonds is 0. The average Bonchev–Trinajstić information content (AvgIpc) is 1.92. The van der Waals surface area contributed by atoms with Crippen LogP contribution in [0, 0.1) is 5.41 Å². The molecule has 1 atom stereocenters. The quantitative estimate of drug-likeness (QED) is 0.570. The van der Waals surface area contributed by atoms with Gasteiger partial charge < -0.3 is 5.11 Å². The number of hydrogen-bond acceptors (Lipinski definition) is 2. The van der Waals surface area contributed by atoms with Crippen molar-refractivity contribution in [3.63, 3.8) is 0 Å². The number of aliphatic hydroxyl groups excluding tert-OH is 1. The Bertz CT molecular complexity index is 182. The van der Waals surface area contributed by atoms with Gasteiger partial charge in [0, 0.05) is 6.42 Å². The molecular weight excluding hydrogens is 140 g/mol. The summed E-state index contributed by atoms with van der Waals surface area (Å²) in [5.74, 6) is 0.0796. The van der Waals surface area contributed by atoms with E-state index < -0.39 is 6.10 Å². The van der Waals surface area contributed by atoms with Crippen LogP contribution in [0.5, 0.6) is 0 Å². The van der Waals surface area contributed by atoms with Gasteiger partial charge >= 0.3 is 0 Å². The van der Waals surface area contributed by atoms with Crippen LogP contribution < -0.4 is 0 Å². The Hall–Kier alpha value is -0.370. The molecule has 1 spiro atoms. The van der Waals surface area contributed by atoms with E-state index >= 15 is 0 Å². The van der Waals surface area contributed by atoms with Gasteiger partial charge in [-0.1, -0.05) is 6.42 Å². The smallest absolute Gasteiger partial charge is 0.161 e. The molecule has 11 heavy (non-hydrogen) atoms.